The molecule has 0 aromatic heterocycles. The van der Waals surface area contributed by atoms with E-state index in [1.165, 1.54) is 16.8 Å². The van der Waals surface area contributed by atoms with Crippen molar-refractivity contribution < 1.29 is 4.74 Å². The van der Waals surface area contributed by atoms with Crippen molar-refractivity contribution in [2.75, 3.05) is 24.6 Å². The summed E-state index contributed by atoms with van der Waals surface area (Å²) in [5.74, 6) is 0. The topological polar surface area (TPSA) is 38.5 Å². The predicted molar refractivity (Wildman–Crippen MR) is 85.4 cm³/mol. The van der Waals surface area contributed by atoms with Crippen LogP contribution >= 0.6 is 0 Å². The summed E-state index contributed by atoms with van der Waals surface area (Å²) in [6.07, 6.45) is 1.97. The van der Waals surface area contributed by atoms with Gasteiger partial charge in [0, 0.05) is 24.8 Å². The molecule has 0 aliphatic carbocycles. The van der Waals surface area contributed by atoms with E-state index in [-0.39, 0.29) is 11.6 Å². The van der Waals surface area contributed by atoms with Gasteiger partial charge in [-0.3, -0.25) is 0 Å². The van der Waals surface area contributed by atoms with Gasteiger partial charge in [-0.25, -0.2) is 0 Å². The number of nitrogens with zero attached hydrogens (tertiary/aromatic N) is 1. The molecule has 112 valence electrons. The fourth-order valence-corrected chi connectivity index (χ4v) is 2.84. The van der Waals surface area contributed by atoms with Crippen LogP contribution in [0.15, 0.2) is 18.2 Å². The molecule has 0 amide bonds. The van der Waals surface area contributed by atoms with Crippen LogP contribution in [0.3, 0.4) is 0 Å². The second-order valence-corrected chi connectivity index (χ2v) is 6.53. The number of aryl methyl sites for hydroxylation is 1. The van der Waals surface area contributed by atoms with Gasteiger partial charge in [-0.15, -0.1) is 0 Å². The molecule has 2 rings (SSSR count). The van der Waals surface area contributed by atoms with Crippen molar-refractivity contribution in [3.05, 3.63) is 29.3 Å². The minimum atomic E-state index is -0.0761. The highest BCUT2D eigenvalue weighted by Gasteiger charge is 2.28. The third-order valence-corrected chi connectivity index (χ3v) is 4.01. The van der Waals surface area contributed by atoms with Gasteiger partial charge < -0.3 is 15.4 Å². The van der Waals surface area contributed by atoms with Crippen molar-refractivity contribution in [1.29, 1.82) is 0 Å². The minimum absolute atomic E-state index is 0.0761. The zero-order chi connectivity index (χ0) is 14.8. The van der Waals surface area contributed by atoms with Crippen LogP contribution in [-0.4, -0.2) is 31.3 Å². The van der Waals surface area contributed by atoms with E-state index in [1.54, 1.807) is 0 Å². The molecule has 1 saturated heterocycles. The van der Waals surface area contributed by atoms with E-state index < -0.39 is 0 Å². The Labute approximate surface area is 123 Å². The Kier molecular flexibility index (Phi) is 4.71. The van der Waals surface area contributed by atoms with Crippen molar-refractivity contribution in [3.8, 4) is 0 Å². The largest absolute Gasteiger partial charge is 0.372 e. The second-order valence-electron chi connectivity index (χ2n) is 6.53. The van der Waals surface area contributed by atoms with Gasteiger partial charge in [0.05, 0.1) is 12.2 Å². The van der Waals surface area contributed by atoms with Crippen LogP contribution in [0.5, 0.6) is 0 Å². The maximum Gasteiger partial charge on any atom is 0.0801 e. The van der Waals surface area contributed by atoms with E-state index in [0.29, 0.717) is 0 Å². The Morgan fingerprint density at radius 3 is 2.80 bits per heavy atom. The van der Waals surface area contributed by atoms with Crippen LogP contribution in [0.25, 0.3) is 0 Å². The summed E-state index contributed by atoms with van der Waals surface area (Å²) < 4.78 is 5.82. The third-order valence-electron chi connectivity index (χ3n) is 4.01. The van der Waals surface area contributed by atoms with Gasteiger partial charge in [0.15, 0.2) is 0 Å². The molecular formula is C17H28N2O. The van der Waals surface area contributed by atoms with Gasteiger partial charge >= 0.3 is 0 Å². The average Bonchev–Trinajstić information content (AvgIpc) is 2.37. The smallest absolute Gasteiger partial charge is 0.0801 e. The lowest BCUT2D eigenvalue weighted by Gasteiger charge is -2.40. The molecule has 0 radical (unpaired) electrons. The maximum atomic E-state index is 6.16. The van der Waals surface area contributed by atoms with E-state index in [0.717, 1.165) is 32.5 Å². The number of hydrogen-bond donors (Lipinski definition) is 1. The van der Waals surface area contributed by atoms with Crippen LogP contribution in [0.4, 0.5) is 5.69 Å². The average molecular weight is 276 g/mol. The highest BCUT2D eigenvalue weighted by atomic mass is 16.5. The number of morpholine rings is 1. The van der Waals surface area contributed by atoms with Gasteiger partial charge in [-0.1, -0.05) is 24.6 Å². The second kappa shape index (κ2) is 6.15. The molecule has 1 atom stereocenters. The summed E-state index contributed by atoms with van der Waals surface area (Å²) in [6, 6.07) is 6.96. The Morgan fingerprint density at radius 2 is 2.15 bits per heavy atom. The maximum absolute atomic E-state index is 6.16. The molecule has 1 aliphatic heterocycles. The van der Waals surface area contributed by atoms with E-state index in [9.17, 15) is 0 Å². The summed E-state index contributed by atoms with van der Waals surface area (Å²) in [5.41, 5.74) is 10.1. The first-order chi connectivity index (χ1) is 9.41. The normalized spacial score (nSPS) is 19.9. The zero-order valence-electron chi connectivity index (χ0n) is 13.3. The third kappa shape index (κ3) is 3.74. The Balaban J connectivity index is 2.26. The molecule has 2 N–H and O–H groups in total. The van der Waals surface area contributed by atoms with E-state index in [2.05, 4.69) is 50.8 Å². The zero-order valence-corrected chi connectivity index (χ0v) is 13.3. The molecular weight excluding hydrogens is 248 g/mol. The molecule has 1 fully saturated rings. The first-order valence-corrected chi connectivity index (χ1v) is 7.65. The lowest BCUT2D eigenvalue weighted by atomic mass is 9.98. The lowest BCUT2D eigenvalue weighted by molar-refractivity contribution is -0.0277. The number of nitrogens with two attached hydrogens (primary N) is 1. The predicted octanol–water partition coefficient (Wildman–Crippen LogP) is 2.89. The molecule has 3 heteroatoms. The number of ether oxygens (including phenoxy) is 1. The van der Waals surface area contributed by atoms with Gasteiger partial charge in [-0.05, 0) is 45.2 Å². The fourth-order valence-electron chi connectivity index (χ4n) is 2.84. The summed E-state index contributed by atoms with van der Waals surface area (Å²) in [6.45, 7) is 11.3. The lowest BCUT2D eigenvalue weighted by Crippen LogP contribution is -2.48. The molecule has 1 unspecified atom stereocenters. The quantitative estimate of drug-likeness (QED) is 0.919. The van der Waals surface area contributed by atoms with Gasteiger partial charge in [0.1, 0.15) is 0 Å². The Hall–Kier alpha value is -1.06. The summed E-state index contributed by atoms with van der Waals surface area (Å²) in [5, 5.41) is 0. The summed E-state index contributed by atoms with van der Waals surface area (Å²) >= 11 is 0. The molecule has 20 heavy (non-hydrogen) atoms. The van der Waals surface area contributed by atoms with Crippen molar-refractivity contribution >= 4 is 5.69 Å². The standard InChI is InChI=1S/C17H28N2O/c1-5-15(18)11-14-10-13(2)6-7-16(14)19-8-9-20-17(3,4)12-19/h6-7,10,15H,5,8-9,11-12,18H2,1-4H3. The van der Waals surface area contributed by atoms with Gasteiger partial charge in [-0.2, -0.15) is 0 Å². The van der Waals surface area contributed by atoms with Crippen molar-refractivity contribution in [2.24, 2.45) is 5.73 Å². The summed E-state index contributed by atoms with van der Waals surface area (Å²) in [7, 11) is 0. The van der Waals surface area contributed by atoms with Crippen LogP contribution < -0.4 is 10.6 Å². The number of benzene rings is 1. The van der Waals surface area contributed by atoms with Gasteiger partial charge in [0.2, 0.25) is 0 Å². The van der Waals surface area contributed by atoms with Crippen LogP contribution in [0.2, 0.25) is 0 Å². The first-order valence-electron chi connectivity index (χ1n) is 7.65. The van der Waals surface area contributed by atoms with E-state index in [4.69, 9.17) is 10.5 Å². The van der Waals surface area contributed by atoms with Crippen molar-refractivity contribution in [1.82, 2.24) is 0 Å². The van der Waals surface area contributed by atoms with Crippen LogP contribution in [-0.2, 0) is 11.2 Å². The van der Waals surface area contributed by atoms with E-state index in [1.807, 2.05) is 0 Å². The minimum Gasteiger partial charge on any atom is -0.372 e. The molecule has 1 heterocycles. The van der Waals surface area contributed by atoms with E-state index >= 15 is 0 Å². The molecule has 1 aromatic rings. The van der Waals surface area contributed by atoms with Crippen molar-refractivity contribution in [3.63, 3.8) is 0 Å². The van der Waals surface area contributed by atoms with Crippen LogP contribution in [0.1, 0.15) is 38.3 Å². The van der Waals surface area contributed by atoms with Crippen LogP contribution in [0, 0.1) is 6.92 Å². The fraction of sp³-hybridized carbons (Fsp3) is 0.647. The monoisotopic (exact) mass is 276 g/mol. The molecule has 0 spiro atoms. The SMILES string of the molecule is CCC(N)Cc1cc(C)ccc1N1CCOC(C)(C)C1. The highest BCUT2D eigenvalue weighted by molar-refractivity contribution is 5.56. The Bertz CT molecular complexity index is 456. The number of hydrogen-bond acceptors (Lipinski definition) is 3. The molecule has 0 saturated carbocycles. The molecule has 0 bridgehead atoms. The molecule has 1 aliphatic rings. The molecule has 1 aromatic carbocycles. The van der Waals surface area contributed by atoms with Gasteiger partial charge in [0.25, 0.3) is 0 Å². The summed E-state index contributed by atoms with van der Waals surface area (Å²) in [4.78, 5) is 2.45. The molecule has 3 nitrogen and oxygen atoms in total. The first kappa shape index (κ1) is 15.3. The number of rotatable bonds is 4. The Morgan fingerprint density at radius 1 is 1.40 bits per heavy atom. The van der Waals surface area contributed by atoms with Crippen molar-refractivity contribution in [2.45, 2.75) is 52.2 Å². The number of anilines is 1. The highest BCUT2D eigenvalue weighted by Crippen LogP contribution is 2.28.